The van der Waals surface area contributed by atoms with Gasteiger partial charge in [-0.2, -0.15) is 4.31 Å². The molecule has 8 nitrogen and oxygen atoms in total. The molecule has 2 saturated heterocycles. The fraction of sp³-hybridized carbons (Fsp3) is 0.375. The average molecular weight is 569 g/mol. The first-order valence-corrected chi connectivity index (χ1v) is 16.2. The number of benzene rings is 2. The summed E-state index contributed by atoms with van der Waals surface area (Å²) in [6.07, 6.45) is 9.19. The van der Waals surface area contributed by atoms with E-state index in [0.717, 1.165) is 67.5 Å². The fourth-order valence-corrected chi connectivity index (χ4v) is 8.06. The number of anilines is 3. The molecule has 3 N–H and O–H groups in total. The van der Waals surface area contributed by atoms with Crippen molar-refractivity contribution in [3.8, 4) is 11.1 Å². The van der Waals surface area contributed by atoms with E-state index in [2.05, 4.69) is 33.4 Å². The number of aromatic nitrogens is 2. The summed E-state index contributed by atoms with van der Waals surface area (Å²) in [6, 6.07) is 17.8. The molecule has 2 aromatic carbocycles. The molecule has 0 unspecified atom stereocenters. The minimum atomic E-state index is -3.43. The van der Waals surface area contributed by atoms with Crippen LogP contribution in [0.15, 0.2) is 65.7 Å². The van der Waals surface area contributed by atoms with Gasteiger partial charge in [0.25, 0.3) is 0 Å². The van der Waals surface area contributed by atoms with Crippen molar-refractivity contribution >= 4 is 38.1 Å². The summed E-state index contributed by atoms with van der Waals surface area (Å²) < 4.78 is 27.3. The van der Waals surface area contributed by atoms with Crippen LogP contribution < -0.4 is 16.0 Å². The molecule has 4 aromatic rings. The van der Waals surface area contributed by atoms with Gasteiger partial charge in [-0.3, -0.25) is 4.98 Å². The number of nitrogens with two attached hydrogens (primary N) is 1. The highest BCUT2D eigenvalue weighted by molar-refractivity contribution is 7.89. The molecule has 3 aliphatic rings. The van der Waals surface area contributed by atoms with E-state index in [1.807, 2.05) is 12.1 Å². The van der Waals surface area contributed by atoms with Crippen LogP contribution in [-0.4, -0.2) is 54.9 Å². The number of aryl methyl sites for hydroxylation is 1. The normalized spacial score (nSPS) is 19.5. The Bertz CT molecular complexity index is 1700. The summed E-state index contributed by atoms with van der Waals surface area (Å²) in [6.45, 7) is 3.06. The maximum Gasteiger partial charge on any atom is 0.243 e. The highest BCUT2D eigenvalue weighted by Gasteiger charge is 2.28. The third-order valence-corrected chi connectivity index (χ3v) is 10.6. The molecule has 1 atom stereocenters. The van der Waals surface area contributed by atoms with E-state index in [0.29, 0.717) is 23.8 Å². The first-order valence-electron chi connectivity index (χ1n) is 14.8. The van der Waals surface area contributed by atoms with Crippen molar-refractivity contribution in [1.82, 2.24) is 14.3 Å². The van der Waals surface area contributed by atoms with Crippen LogP contribution in [0.3, 0.4) is 0 Å². The van der Waals surface area contributed by atoms with Crippen molar-refractivity contribution in [2.45, 2.75) is 55.9 Å². The van der Waals surface area contributed by atoms with Crippen LogP contribution in [0.25, 0.3) is 22.0 Å². The summed E-state index contributed by atoms with van der Waals surface area (Å²) in [4.78, 5) is 12.4. The molecule has 7 rings (SSSR count). The van der Waals surface area contributed by atoms with E-state index in [-0.39, 0.29) is 6.04 Å². The summed E-state index contributed by atoms with van der Waals surface area (Å²) in [7, 11) is -3.43. The second kappa shape index (κ2) is 10.7. The summed E-state index contributed by atoms with van der Waals surface area (Å²) >= 11 is 0. The quantitative estimate of drug-likeness (QED) is 0.328. The standard InChI is InChI=1S/C32H36N6O2S/c33-24-14-18-37(21-24)32-27-5-1-2-6-29(27)36-30-12-7-22(19-28(30)32)23-13-15-34-31(20-23)35-25-8-10-26(11-9-25)41(39,40)38-16-3-4-17-38/h7-13,15,19-20,24H,1-6,14,16-18,21,33H2,(H,34,35)/t24-/m1/s1. The van der Waals surface area contributed by atoms with Crippen molar-refractivity contribution in [3.05, 3.63) is 72.1 Å². The molecule has 1 aliphatic carbocycles. The molecular formula is C32H36N6O2S. The van der Waals surface area contributed by atoms with Crippen LogP contribution in [0.1, 0.15) is 43.4 Å². The van der Waals surface area contributed by atoms with E-state index in [9.17, 15) is 8.42 Å². The molecule has 212 valence electrons. The largest absolute Gasteiger partial charge is 0.369 e. The van der Waals surface area contributed by atoms with Crippen LogP contribution in [0.5, 0.6) is 0 Å². The number of rotatable bonds is 6. The highest BCUT2D eigenvalue weighted by Crippen LogP contribution is 2.39. The SMILES string of the molecule is N[C@@H]1CCN(c2c3c(nc4ccc(-c5ccnc(Nc6ccc(S(=O)(=O)N7CCCC7)cc6)c5)cc24)CCCC3)C1. The maximum absolute atomic E-state index is 12.9. The lowest BCUT2D eigenvalue weighted by Crippen LogP contribution is -2.28. The summed E-state index contributed by atoms with van der Waals surface area (Å²) in [5, 5.41) is 4.54. The predicted octanol–water partition coefficient (Wildman–Crippen LogP) is 5.24. The zero-order valence-corrected chi connectivity index (χ0v) is 24.0. The zero-order chi connectivity index (χ0) is 28.0. The third kappa shape index (κ3) is 5.07. The predicted molar refractivity (Wildman–Crippen MR) is 164 cm³/mol. The lowest BCUT2D eigenvalue weighted by atomic mass is 9.91. The van der Waals surface area contributed by atoms with E-state index in [4.69, 9.17) is 10.7 Å². The Morgan fingerprint density at radius 3 is 2.44 bits per heavy atom. The van der Waals surface area contributed by atoms with Gasteiger partial charge in [0.15, 0.2) is 0 Å². The molecule has 2 fully saturated rings. The molecule has 9 heteroatoms. The van der Waals surface area contributed by atoms with Crippen LogP contribution in [-0.2, 0) is 22.9 Å². The number of hydrogen-bond donors (Lipinski definition) is 2. The molecule has 0 radical (unpaired) electrons. The third-order valence-electron chi connectivity index (χ3n) is 8.70. The van der Waals surface area contributed by atoms with Gasteiger partial charge in [0.2, 0.25) is 10.0 Å². The Labute approximate surface area is 241 Å². The lowest BCUT2D eigenvalue weighted by Gasteiger charge is -2.28. The second-order valence-electron chi connectivity index (χ2n) is 11.5. The molecule has 2 aliphatic heterocycles. The van der Waals surface area contributed by atoms with Gasteiger partial charge in [-0.1, -0.05) is 6.07 Å². The van der Waals surface area contributed by atoms with Crippen LogP contribution in [0.4, 0.5) is 17.2 Å². The van der Waals surface area contributed by atoms with Crippen molar-refractivity contribution in [2.75, 3.05) is 36.4 Å². The number of nitrogens with one attached hydrogen (secondary N) is 1. The van der Waals surface area contributed by atoms with Gasteiger partial charge in [0, 0.05) is 55.2 Å². The van der Waals surface area contributed by atoms with E-state index >= 15 is 0 Å². The van der Waals surface area contributed by atoms with Crippen molar-refractivity contribution in [2.24, 2.45) is 5.73 Å². The van der Waals surface area contributed by atoms with Crippen LogP contribution >= 0.6 is 0 Å². The molecule has 2 aromatic heterocycles. The zero-order valence-electron chi connectivity index (χ0n) is 23.2. The van der Waals surface area contributed by atoms with Gasteiger partial charge in [-0.25, -0.2) is 13.4 Å². The molecular weight excluding hydrogens is 532 g/mol. The number of fused-ring (bicyclic) bond motifs is 2. The van der Waals surface area contributed by atoms with Gasteiger partial charge in [0.1, 0.15) is 5.82 Å². The van der Waals surface area contributed by atoms with Crippen LogP contribution in [0.2, 0.25) is 0 Å². The fourth-order valence-electron chi connectivity index (χ4n) is 6.54. The Morgan fingerprint density at radius 2 is 1.66 bits per heavy atom. The summed E-state index contributed by atoms with van der Waals surface area (Å²) in [5.41, 5.74) is 14.3. The second-order valence-corrected chi connectivity index (χ2v) is 13.4. The highest BCUT2D eigenvalue weighted by atomic mass is 32.2. The van der Waals surface area contributed by atoms with Gasteiger partial charge < -0.3 is 16.0 Å². The number of hydrogen-bond acceptors (Lipinski definition) is 7. The lowest BCUT2D eigenvalue weighted by molar-refractivity contribution is 0.477. The molecule has 0 bridgehead atoms. The maximum atomic E-state index is 12.9. The number of pyridine rings is 2. The number of nitrogens with zero attached hydrogens (tertiary/aromatic N) is 4. The smallest absolute Gasteiger partial charge is 0.243 e. The molecule has 0 saturated carbocycles. The minimum Gasteiger partial charge on any atom is -0.369 e. The van der Waals surface area contributed by atoms with Gasteiger partial charge in [0.05, 0.1) is 16.1 Å². The minimum absolute atomic E-state index is 0.212. The molecule has 4 heterocycles. The molecule has 0 amide bonds. The number of sulfonamides is 1. The van der Waals surface area contributed by atoms with E-state index < -0.39 is 10.0 Å². The summed E-state index contributed by atoms with van der Waals surface area (Å²) in [5.74, 6) is 0.701. The molecule has 41 heavy (non-hydrogen) atoms. The van der Waals surface area contributed by atoms with Gasteiger partial charge in [-0.15, -0.1) is 0 Å². The van der Waals surface area contributed by atoms with Crippen molar-refractivity contribution in [3.63, 3.8) is 0 Å². The Morgan fingerprint density at radius 1 is 0.878 bits per heavy atom. The van der Waals surface area contributed by atoms with Crippen molar-refractivity contribution < 1.29 is 8.42 Å². The van der Waals surface area contributed by atoms with Crippen LogP contribution in [0, 0.1) is 0 Å². The van der Waals surface area contributed by atoms with Crippen molar-refractivity contribution in [1.29, 1.82) is 0 Å². The Kier molecular flexibility index (Phi) is 6.89. The first kappa shape index (κ1) is 26.4. The topological polar surface area (TPSA) is 104 Å². The average Bonchev–Trinajstić information content (AvgIpc) is 3.69. The van der Waals surface area contributed by atoms with E-state index in [1.165, 1.54) is 35.2 Å². The van der Waals surface area contributed by atoms with E-state index in [1.54, 1.807) is 34.8 Å². The Balaban J connectivity index is 1.19. The monoisotopic (exact) mass is 568 g/mol. The first-order chi connectivity index (χ1) is 20.0. The molecule has 0 spiro atoms. The Hall–Kier alpha value is -3.53. The van der Waals surface area contributed by atoms with Gasteiger partial charge >= 0.3 is 0 Å². The van der Waals surface area contributed by atoms with Gasteiger partial charge in [-0.05, 0) is 110 Å².